The zero-order valence-corrected chi connectivity index (χ0v) is 11.8. The van der Waals surface area contributed by atoms with Crippen molar-refractivity contribution >= 4 is 23.2 Å². The van der Waals surface area contributed by atoms with E-state index in [1.807, 2.05) is 6.92 Å². The van der Waals surface area contributed by atoms with Gasteiger partial charge in [-0.2, -0.15) is 0 Å². The molecule has 0 fully saturated rings. The maximum atomic E-state index is 12.0. The number of amides is 1. The van der Waals surface area contributed by atoms with E-state index >= 15 is 0 Å². The van der Waals surface area contributed by atoms with E-state index in [1.54, 1.807) is 18.2 Å². The number of carbonyl (C=O) groups is 1. The molecule has 3 N–H and O–H groups in total. The van der Waals surface area contributed by atoms with Gasteiger partial charge in [0.25, 0.3) is 5.91 Å². The predicted molar refractivity (Wildman–Crippen MR) is 76.9 cm³/mol. The first kappa shape index (κ1) is 14.8. The largest absolute Gasteiger partial charge is 0.398 e. The Morgan fingerprint density at radius 1 is 1.44 bits per heavy atom. The Labute approximate surface area is 114 Å². The molecule has 1 unspecified atom stereocenters. The second-order valence-electron chi connectivity index (χ2n) is 4.60. The van der Waals surface area contributed by atoms with Crippen LogP contribution in [-0.2, 0) is 0 Å². The Morgan fingerprint density at radius 2 is 2.17 bits per heavy atom. The van der Waals surface area contributed by atoms with E-state index in [1.165, 1.54) is 12.8 Å². The number of rotatable bonds is 6. The number of nitrogen functional groups attached to an aromatic ring is 1. The number of anilines is 1. The average molecular weight is 269 g/mol. The Hall–Kier alpha value is -1.22. The number of hydrogen-bond donors (Lipinski definition) is 2. The van der Waals surface area contributed by atoms with Crippen LogP contribution in [0.3, 0.4) is 0 Å². The summed E-state index contributed by atoms with van der Waals surface area (Å²) >= 11 is 5.80. The number of nitrogens with two attached hydrogens (primary N) is 1. The standard InChI is InChI=1S/C14H21ClN2O/c1-3-4-5-6-10(2)17-14(18)12-8-7-11(15)9-13(12)16/h7-10H,3-6,16H2,1-2H3,(H,17,18). The topological polar surface area (TPSA) is 55.1 Å². The number of carbonyl (C=O) groups excluding carboxylic acids is 1. The molecule has 0 aromatic heterocycles. The van der Waals surface area contributed by atoms with Crippen LogP contribution in [0.15, 0.2) is 18.2 Å². The lowest BCUT2D eigenvalue weighted by molar-refractivity contribution is 0.0939. The summed E-state index contributed by atoms with van der Waals surface area (Å²) in [5, 5.41) is 3.50. The Kier molecular flexibility index (Phi) is 5.99. The van der Waals surface area contributed by atoms with Crippen LogP contribution in [0, 0.1) is 0 Å². The van der Waals surface area contributed by atoms with Gasteiger partial charge in [0, 0.05) is 16.8 Å². The van der Waals surface area contributed by atoms with Crippen LogP contribution in [0.25, 0.3) is 0 Å². The summed E-state index contributed by atoms with van der Waals surface area (Å²) in [6, 6.07) is 5.09. The van der Waals surface area contributed by atoms with Crippen molar-refractivity contribution in [1.29, 1.82) is 0 Å². The van der Waals surface area contributed by atoms with Crippen LogP contribution < -0.4 is 11.1 Å². The van der Waals surface area contributed by atoms with E-state index in [2.05, 4.69) is 12.2 Å². The summed E-state index contributed by atoms with van der Waals surface area (Å²) in [5.41, 5.74) is 6.68. The monoisotopic (exact) mass is 268 g/mol. The highest BCUT2D eigenvalue weighted by atomic mass is 35.5. The molecule has 3 nitrogen and oxygen atoms in total. The number of nitrogens with one attached hydrogen (secondary N) is 1. The van der Waals surface area contributed by atoms with Gasteiger partial charge in [0.2, 0.25) is 0 Å². The van der Waals surface area contributed by atoms with Crippen molar-refractivity contribution in [2.75, 3.05) is 5.73 Å². The number of halogens is 1. The first-order chi connectivity index (χ1) is 8.54. The lowest BCUT2D eigenvalue weighted by atomic mass is 10.1. The molecule has 1 aromatic rings. The Bertz CT molecular complexity index is 407. The molecule has 4 heteroatoms. The molecule has 0 radical (unpaired) electrons. The maximum Gasteiger partial charge on any atom is 0.253 e. The van der Waals surface area contributed by atoms with E-state index in [4.69, 9.17) is 17.3 Å². The van der Waals surface area contributed by atoms with Crippen LogP contribution in [-0.4, -0.2) is 11.9 Å². The summed E-state index contributed by atoms with van der Waals surface area (Å²) < 4.78 is 0. The minimum absolute atomic E-state index is 0.131. The smallest absolute Gasteiger partial charge is 0.253 e. The first-order valence-electron chi connectivity index (χ1n) is 6.40. The minimum Gasteiger partial charge on any atom is -0.398 e. The zero-order valence-electron chi connectivity index (χ0n) is 11.0. The Balaban J connectivity index is 2.54. The van der Waals surface area contributed by atoms with Gasteiger partial charge in [-0.15, -0.1) is 0 Å². The van der Waals surface area contributed by atoms with Crippen LogP contribution >= 0.6 is 11.6 Å². The predicted octanol–water partition coefficient (Wildman–Crippen LogP) is 3.62. The minimum atomic E-state index is -0.131. The van der Waals surface area contributed by atoms with Gasteiger partial charge in [0.05, 0.1) is 5.56 Å². The fraction of sp³-hybridized carbons (Fsp3) is 0.500. The average Bonchev–Trinajstić information content (AvgIpc) is 2.28. The van der Waals surface area contributed by atoms with Crippen LogP contribution in [0.1, 0.15) is 49.9 Å². The van der Waals surface area contributed by atoms with E-state index in [-0.39, 0.29) is 11.9 Å². The van der Waals surface area contributed by atoms with Crippen molar-refractivity contribution in [3.63, 3.8) is 0 Å². The maximum absolute atomic E-state index is 12.0. The van der Waals surface area contributed by atoms with Gasteiger partial charge in [-0.1, -0.05) is 37.8 Å². The summed E-state index contributed by atoms with van der Waals surface area (Å²) in [5.74, 6) is -0.131. The molecule has 0 spiro atoms. The van der Waals surface area contributed by atoms with Crippen molar-refractivity contribution in [1.82, 2.24) is 5.32 Å². The molecule has 100 valence electrons. The summed E-state index contributed by atoms with van der Waals surface area (Å²) in [7, 11) is 0. The molecule has 0 heterocycles. The summed E-state index contributed by atoms with van der Waals surface area (Å²) in [6.07, 6.45) is 4.51. The second-order valence-corrected chi connectivity index (χ2v) is 5.04. The summed E-state index contributed by atoms with van der Waals surface area (Å²) in [4.78, 5) is 12.0. The number of hydrogen-bond acceptors (Lipinski definition) is 2. The van der Waals surface area contributed by atoms with Crippen molar-refractivity contribution in [2.24, 2.45) is 0 Å². The fourth-order valence-electron chi connectivity index (χ4n) is 1.81. The molecule has 0 saturated carbocycles. The van der Waals surface area contributed by atoms with Gasteiger partial charge in [-0.25, -0.2) is 0 Å². The molecule has 0 bridgehead atoms. The van der Waals surface area contributed by atoms with Crippen molar-refractivity contribution < 1.29 is 4.79 Å². The van der Waals surface area contributed by atoms with Gasteiger partial charge < -0.3 is 11.1 Å². The van der Waals surface area contributed by atoms with Crippen molar-refractivity contribution in [3.05, 3.63) is 28.8 Å². The van der Waals surface area contributed by atoms with Crippen LogP contribution in [0.2, 0.25) is 5.02 Å². The molecule has 1 amide bonds. The van der Waals surface area contributed by atoms with Gasteiger partial charge in [0.15, 0.2) is 0 Å². The van der Waals surface area contributed by atoms with E-state index < -0.39 is 0 Å². The number of benzene rings is 1. The van der Waals surface area contributed by atoms with E-state index in [0.29, 0.717) is 16.3 Å². The molecule has 0 saturated heterocycles. The molecular formula is C14H21ClN2O. The lowest BCUT2D eigenvalue weighted by Gasteiger charge is -2.14. The van der Waals surface area contributed by atoms with E-state index in [9.17, 15) is 4.79 Å². The van der Waals surface area contributed by atoms with Gasteiger partial charge in [-0.05, 0) is 31.5 Å². The highest BCUT2D eigenvalue weighted by molar-refractivity contribution is 6.31. The second kappa shape index (κ2) is 7.27. The number of unbranched alkanes of at least 4 members (excludes halogenated alkanes) is 2. The van der Waals surface area contributed by atoms with Crippen molar-refractivity contribution in [3.8, 4) is 0 Å². The molecule has 0 aliphatic rings. The summed E-state index contributed by atoms with van der Waals surface area (Å²) in [6.45, 7) is 4.18. The quantitative estimate of drug-likeness (QED) is 0.612. The SMILES string of the molecule is CCCCCC(C)NC(=O)c1ccc(Cl)cc1N. The molecule has 0 aliphatic carbocycles. The third kappa shape index (κ3) is 4.57. The molecule has 18 heavy (non-hydrogen) atoms. The van der Waals surface area contributed by atoms with E-state index in [0.717, 1.165) is 12.8 Å². The molecular weight excluding hydrogens is 248 g/mol. The third-order valence-corrected chi connectivity index (χ3v) is 3.11. The fourth-order valence-corrected chi connectivity index (χ4v) is 2.00. The third-order valence-electron chi connectivity index (χ3n) is 2.88. The molecule has 1 rings (SSSR count). The van der Waals surface area contributed by atoms with Gasteiger partial charge >= 0.3 is 0 Å². The van der Waals surface area contributed by atoms with Gasteiger partial charge in [-0.3, -0.25) is 4.79 Å². The van der Waals surface area contributed by atoms with Crippen LogP contribution in [0.4, 0.5) is 5.69 Å². The highest BCUT2D eigenvalue weighted by Crippen LogP contribution is 2.18. The zero-order chi connectivity index (χ0) is 13.5. The first-order valence-corrected chi connectivity index (χ1v) is 6.78. The molecule has 1 aromatic carbocycles. The van der Waals surface area contributed by atoms with Crippen LogP contribution in [0.5, 0.6) is 0 Å². The molecule has 1 atom stereocenters. The highest BCUT2D eigenvalue weighted by Gasteiger charge is 2.12. The lowest BCUT2D eigenvalue weighted by Crippen LogP contribution is -2.32. The van der Waals surface area contributed by atoms with Gasteiger partial charge in [0.1, 0.15) is 0 Å². The van der Waals surface area contributed by atoms with Crippen molar-refractivity contribution in [2.45, 2.75) is 45.6 Å². The normalized spacial score (nSPS) is 12.2. The molecule has 0 aliphatic heterocycles. The Morgan fingerprint density at radius 3 is 2.78 bits per heavy atom.